The minimum absolute atomic E-state index is 0.187. The topological polar surface area (TPSA) is 16.1 Å². The summed E-state index contributed by atoms with van der Waals surface area (Å²) in [5.41, 5.74) is 4.51. The summed E-state index contributed by atoms with van der Waals surface area (Å²) < 4.78 is 0. The van der Waals surface area contributed by atoms with Gasteiger partial charge in [0, 0.05) is 27.7 Å². The van der Waals surface area contributed by atoms with Gasteiger partial charge in [-0.3, -0.25) is 0 Å². The zero-order valence-corrected chi connectivity index (χ0v) is 15.1. The maximum Gasteiger partial charge on any atom is 0.123 e. The van der Waals surface area contributed by atoms with Crippen molar-refractivity contribution in [1.29, 1.82) is 0 Å². The molecule has 2 aromatic heterocycles. The van der Waals surface area contributed by atoms with Gasteiger partial charge in [0.25, 0.3) is 0 Å². The van der Waals surface area contributed by atoms with Crippen molar-refractivity contribution in [2.45, 2.75) is 51.1 Å². The quantitative estimate of drug-likeness (QED) is 0.546. The molecule has 1 fully saturated rings. The van der Waals surface area contributed by atoms with Gasteiger partial charge in [-0.2, -0.15) is 0 Å². The number of benzene rings is 1. The predicted molar refractivity (Wildman–Crippen MR) is 102 cm³/mol. The number of fused-ring (bicyclic) bond motifs is 4. The molecule has 5 rings (SSSR count). The van der Waals surface area contributed by atoms with Crippen LogP contribution in [0.25, 0.3) is 10.2 Å². The van der Waals surface area contributed by atoms with E-state index in [0.717, 1.165) is 0 Å². The molecule has 2 aliphatic rings. The van der Waals surface area contributed by atoms with E-state index < -0.39 is 0 Å². The zero-order valence-electron chi connectivity index (χ0n) is 14.2. The van der Waals surface area contributed by atoms with E-state index in [1.807, 2.05) is 17.5 Å². The summed E-state index contributed by atoms with van der Waals surface area (Å²) in [7, 11) is 0. The lowest BCUT2D eigenvalue weighted by atomic mass is 9.94. The Labute approximate surface area is 147 Å². The molecule has 0 amide bonds. The number of para-hydroxylation sites is 1. The van der Waals surface area contributed by atoms with Gasteiger partial charge in [0.1, 0.15) is 4.83 Å². The Balaban J connectivity index is 1.79. The lowest BCUT2D eigenvalue weighted by molar-refractivity contribution is 0.421. The Hall–Kier alpha value is -1.87. The van der Waals surface area contributed by atoms with E-state index in [4.69, 9.17) is 0 Å². The second kappa shape index (κ2) is 5.06. The summed E-state index contributed by atoms with van der Waals surface area (Å²) in [4.78, 5) is 10.2. The molecule has 3 heterocycles. The fourth-order valence-corrected chi connectivity index (χ4v) is 6.50. The molecule has 1 saturated carbocycles. The molecule has 1 aromatic carbocycles. The van der Waals surface area contributed by atoms with Gasteiger partial charge in [-0.05, 0) is 44.4 Å². The molecule has 1 aliphatic carbocycles. The molecule has 0 bridgehead atoms. The maximum absolute atomic E-state index is 4.65. The van der Waals surface area contributed by atoms with Crippen LogP contribution in [0, 0.1) is 6.92 Å². The van der Waals surface area contributed by atoms with E-state index in [1.54, 1.807) is 4.88 Å². The fourth-order valence-electron chi connectivity index (χ4n) is 5.02. The van der Waals surface area contributed by atoms with Gasteiger partial charge in [-0.15, -0.1) is 11.3 Å². The number of anilines is 1. The highest BCUT2D eigenvalue weighted by Crippen LogP contribution is 2.60. The number of aromatic nitrogens is 1. The number of nitrogens with zero attached hydrogens (tertiary/aromatic N) is 2. The molecular formula is C21H22N2S. The highest BCUT2D eigenvalue weighted by molar-refractivity contribution is 7.19. The third-order valence-electron chi connectivity index (χ3n) is 6.00. The summed E-state index contributed by atoms with van der Waals surface area (Å²) in [5, 5.41) is 1.37. The van der Waals surface area contributed by atoms with E-state index >= 15 is 0 Å². The molecule has 0 radical (unpaired) electrons. The number of rotatable bonds is 1. The van der Waals surface area contributed by atoms with E-state index in [0.29, 0.717) is 6.04 Å². The number of hydrogen-bond donors (Lipinski definition) is 0. The van der Waals surface area contributed by atoms with Crippen LogP contribution in [0.4, 0.5) is 5.69 Å². The summed E-state index contributed by atoms with van der Waals surface area (Å²) in [6.07, 6.45) is 7.13. The van der Waals surface area contributed by atoms with E-state index in [9.17, 15) is 0 Å². The molecule has 1 aliphatic heterocycles. The van der Waals surface area contributed by atoms with Gasteiger partial charge in [-0.1, -0.05) is 37.1 Å². The van der Waals surface area contributed by atoms with Crippen molar-refractivity contribution in [2.24, 2.45) is 0 Å². The van der Waals surface area contributed by atoms with Crippen molar-refractivity contribution < 1.29 is 0 Å². The van der Waals surface area contributed by atoms with Crippen molar-refractivity contribution in [3.8, 4) is 0 Å². The van der Waals surface area contributed by atoms with Gasteiger partial charge < -0.3 is 4.90 Å². The van der Waals surface area contributed by atoms with Crippen molar-refractivity contribution in [1.82, 2.24) is 4.98 Å². The molecule has 2 nitrogen and oxygen atoms in total. The van der Waals surface area contributed by atoms with Crippen molar-refractivity contribution >= 4 is 27.2 Å². The summed E-state index contributed by atoms with van der Waals surface area (Å²) in [5.74, 6) is 0. The van der Waals surface area contributed by atoms with E-state index in [-0.39, 0.29) is 5.54 Å². The van der Waals surface area contributed by atoms with Crippen LogP contribution in [0.15, 0.2) is 42.6 Å². The zero-order chi connectivity index (χ0) is 16.3. The Bertz CT molecular complexity index is 920. The summed E-state index contributed by atoms with van der Waals surface area (Å²) >= 11 is 1.94. The minimum atomic E-state index is 0.187. The number of hydrogen-bond acceptors (Lipinski definition) is 3. The monoisotopic (exact) mass is 334 g/mol. The number of pyridine rings is 1. The minimum Gasteiger partial charge on any atom is -0.354 e. The first kappa shape index (κ1) is 14.5. The van der Waals surface area contributed by atoms with Gasteiger partial charge >= 0.3 is 0 Å². The molecule has 3 aromatic rings. The molecule has 0 N–H and O–H groups in total. The maximum atomic E-state index is 4.65. The number of aryl methyl sites for hydroxylation is 1. The predicted octanol–water partition coefficient (Wildman–Crippen LogP) is 5.96. The molecule has 122 valence electrons. The third-order valence-corrected chi connectivity index (χ3v) is 7.32. The first-order valence-electron chi connectivity index (χ1n) is 8.95. The van der Waals surface area contributed by atoms with Gasteiger partial charge in [0.15, 0.2) is 0 Å². The van der Waals surface area contributed by atoms with Crippen LogP contribution in [-0.4, -0.2) is 4.98 Å². The molecule has 1 spiro atoms. The number of thiophene rings is 1. The van der Waals surface area contributed by atoms with E-state index in [2.05, 4.69) is 60.1 Å². The highest BCUT2D eigenvalue weighted by atomic mass is 32.1. The standard InChI is InChI=1S/C21H22N2S/c1-14-8-3-4-10-17(14)23-15(2)18-16-9-7-13-22-20(16)24-19(18)21(23)11-5-6-12-21/h3-4,7-10,13,15H,5-6,11-12H2,1-2H3. The smallest absolute Gasteiger partial charge is 0.123 e. The first-order valence-corrected chi connectivity index (χ1v) is 9.77. The van der Waals surface area contributed by atoms with Gasteiger partial charge in [0.2, 0.25) is 0 Å². The lowest BCUT2D eigenvalue weighted by Crippen LogP contribution is -2.40. The molecule has 1 unspecified atom stereocenters. The van der Waals surface area contributed by atoms with Crippen molar-refractivity contribution in [2.75, 3.05) is 4.90 Å². The molecular weight excluding hydrogens is 312 g/mol. The summed E-state index contributed by atoms with van der Waals surface area (Å²) in [6.45, 7) is 4.63. The van der Waals surface area contributed by atoms with Crippen LogP contribution in [0.5, 0.6) is 0 Å². The lowest BCUT2D eigenvalue weighted by Gasteiger charge is -2.41. The first-order chi connectivity index (χ1) is 11.7. The Morgan fingerprint density at radius 2 is 1.92 bits per heavy atom. The summed E-state index contributed by atoms with van der Waals surface area (Å²) in [6, 6.07) is 13.6. The normalized spacial score (nSPS) is 21.8. The second-order valence-corrected chi connectivity index (χ2v) is 8.27. The Morgan fingerprint density at radius 3 is 2.71 bits per heavy atom. The average Bonchev–Trinajstić information content (AvgIpc) is 3.26. The van der Waals surface area contributed by atoms with Crippen LogP contribution in [-0.2, 0) is 5.54 Å². The van der Waals surface area contributed by atoms with Crippen LogP contribution < -0.4 is 4.90 Å². The SMILES string of the molecule is Cc1ccccc1N1C(C)c2c(sc3ncccc23)C12CCCC2. The Morgan fingerprint density at radius 1 is 1.12 bits per heavy atom. The molecule has 0 saturated heterocycles. The van der Waals surface area contributed by atoms with Crippen LogP contribution >= 0.6 is 11.3 Å². The van der Waals surface area contributed by atoms with Gasteiger partial charge in [0.05, 0.1) is 11.6 Å². The largest absolute Gasteiger partial charge is 0.354 e. The average molecular weight is 334 g/mol. The fraction of sp³-hybridized carbons (Fsp3) is 0.381. The van der Waals surface area contributed by atoms with E-state index in [1.165, 1.54) is 52.7 Å². The Kier molecular flexibility index (Phi) is 3.05. The third kappa shape index (κ3) is 1.74. The molecule has 24 heavy (non-hydrogen) atoms. The highest BCUT2D eigenvalue weighted by Gasteiger charge is 2.52. The van der Waals surface area contributed by atoms with Crippen LogP contribution in [0.1, 0.15) is 54.7 Å². The van der Waals surface area contributed by atoms with Crippen molar-refractivity contribution in [3.05, 3.63) is 58.6 Å². The second-order valence-electron chi connectivity index (χ2n) is 7.27. The molecule has 3 heteroatoms. The van der Waals surface area contributed by atoms with Gasteiger partial charge in [-0.25, -0.2) is 4.98 Å². The van der Waals surface area contributed by atoms with Crippen LogP contribution in [0.2, 0.25) is 0 Å². The van der Waals surface area contributed by atoms with Crippen molar-refractivity contribution in [3.63, 3.8) is 0 Å². The molecule has 1 atom stereocenters. The van der Waals surface area contributed by atoms with Crippen LogP contribution in [0.3, 0.4) is 0 Å².